The summed E-state index contributed by atoms with van der Waals surface area (Å²) in [5.41, 5.74) is 0. The summed E-state index contributed by atoms with van der Waals surface area (Å²) in [6, 6.07) is 0. The monoisotopic (exact) mass is 198 g/mol. The highest BCUT2D eigenvalue weighted by Crippen LogP contribution is 2.18. The molecule has 0 bridgehead atoms. The highest BCUT2D eigenvalue weighted by atomic mass is 14.1. The lowest BCUT2D eigenvalue weighted by molar-refractivity contribution is 0.394. The molecule has 1 unspecified atom stereocenters. The van der Waals surface area contributed by atoms with Crippen LogP contribution in [0.5, 0.6) is 0 Å². The van der Waals surface area contributed by atoms with E-state index in [1.807, 2.05) is 0 Å². The summed E-state index contributed by atoms with van der Waals surface area (Å²) in [6.07, 6.45) is 8.59. The van der Waals surface area contributed by atoms with Crippen LogP contribution in [0.1, 0.15) is 73.1 Å². The van der Waals surface area contributed by atoms with Crippen molar-refractivity contribution < 1.29 is 0 Å². The summed E-state index contributed by atoms with van der Waals surface area (Å²) in [7, 11) is 0. The van der Waals surface area contributed by atoms with Gasteiger partial charge >= 0.3 is 0 Å². The van der Waals surface area contributed by atoms with Crippen LogP contribution in [0.25, 0.3) is 0 Å². The normalized spacial score (nSPS) is 13.9. The molecule has 0 saturated carbocycles. The molecule has 0 heterocycles. The van der Waals surface area contributed by atoms with Gasteiger partial charge in [0.15, 0.2) is 0 Å². The van der Waals surface area contributed by atoms with Gasteiger partial charge in [0.1, 0.15) is 0 Å². The van der Waals surface area contributed by atoms with Crippen LogP contribution in [0.15, 0.2) is 0 Å². The van der Waals surface area contributed by atoms with E-state index in [0.717, 1.165) is 17.8 Å². The van der Waals surface area contributed by atoms with Gasteiger partial charge in [0.25, 0.3) is 0 Å². The van der Waals surface area contributed by atoms with Crippen molar-refractivity contribution in [3.05, 3.63) is 0 Å². The largest absolute Gasteiger partial charge is 0.0628 e. The molecule has 0 aromatic carbocycles. The molecule has 0 aliphatic heterocycles. The smallest absolute Gasteiger partial charge is 0.0440 e. The Morgan fingerprint density at radius 1 is 0.643 bits per heavy atom. The first-order chi connectivity index (χ1) is 6.52. The van der Waals surface area contributed by atoms with Gasteiger partial charge in [-0.25, -0.2) is 0 Å². The molecule has 0 spiro atoms. The fraction of sp³-hybridized carbons (Fsp3) is 1.00. The molecule has 0 aliphatic carbocycles. The Hall–Kier alpha value is 0. The lowest BCUT2D eigenvalue weighted by Gasteiger charge is -2.13. The van der Waals surface area contributed by atoms with Crippen LogP contribution in [0.3, 0.4) is 0 Å². The molecule has 14 heavy (non-hydrogen) atoms. The molecule has 0 radical (unpaired) electrons. The van der Waals surface area contributed by atoms with E-state index in [1.54, 1.807) is 0 Å². The number of hydrogen-bond acceptors (Lipinski definition) is 0. The van der Waals surface area contributed by atoms with Crippen molar-refractivity contribution in [1.29, 1.82) is 0 Å². The fourth-order valence-corrected chi connectivity index (χ4v) is 2.14. The van der Waals surface area contributed by atoms with E-state index in [2.05, 4.69) is 34.6 Å². The standard InChI is InChI=1S/C14H30/c1-12(2)9-7-6-8-10-14(5)11-13(3)4/h12-14H,6-11H2,1-5H3. The van der Waals surface area contributed by atoms with Gasteiger partial charge in [-0.1, -0.05) is 66.7 Å². The average Bonchev–Trinajstić information content (AvgIpc) is 2.01. The molecule has 0 N–H and O–H groups in total. The second-order valence-corrected chi connectivity index (χ2v) is 5.77. The molecule has 0 rings (SSSR count). The molecular weight excluding hydrogens is 168 g/mol. The number of rotatable bonds is 8. The van der Waals surface area contributed by atoms with Crippen molar-refractivity contribution in [2.75, 3.05) is 0 Å². The van der Waals surface area contributed by atoms with Crippen molar-refractivity contribution in [2.45, 2.75) is 73.1 Å². The van der Waals surface area contributed by atoms with E-state index in [-0.39, 0.29) is 0 Å². The van der Waals surface area contributed by atoms with Crippen molar-refractivity contribution in [3.63, 3.8) is 0 Å². The molecule has 1 atom stereocenters. The maximum atomic E-state index is 2.41. The average molecular weight is 198 g/mol. The second-order valence-electron chi connectivity index (χ2n) is 5.77. The quantitative estimate of drug-likeness (QED) is 0.466. The Balaban J connectivity index is 3.19. The van der Waals surface area contributed by atoms with Crippen LogP contribution in [0.4, 0.5) is 0 Å². The zero-order valence-electron chi connectivity index (χ0n) is 11.0. The van der Waals surface area contributed by atoms with Crippen molar-refractivity contribution in [1.82, 2.24) is 0 Å². The van der Waals surface area contributed by atoms with Crippen LogP contribution < -0.4 is 0 Å². The zero-order chi connectivity index (χ0) is 11.0. The molecule has 0 aromatic rings. The summed E-state index contributed by atoms with van der Waals surface area (Å²) in [6.45, 7) is 11.7. The predicted molar refractivity (Wildman–Crippen MR) is 66.5 cm³/mol. The lowest BCUT2D eigenvalue weighted by atomic mass is 9.93. The summed E-state index contributed by atoms with van der Waals surface area (Å²) in [5.74, 6) is 2.71. The molecule has 0 nitrogen and oxygen atoms in total. The molecule has 0 heteroatoms. The highest BCUT2D eigenvalue weighted by Gasteiger charge is 2.04. The lowest BCUT2D eigenvalue weighted by Crippen LogP contribution is -2.00. The Bertz CT molecular complexity index is 113. The number of unbranched alkanes of at least 4 members (excludes halogenated alkanes) is 2. The SMILES string of the molecule is CC(C)CCCCCC(C)CC(C)C. The zero-order valence-corrected chi connectivity index (χ0v) is 11.0. The maximum absolute atomic E-state index is 2.41. The third kappa shape index (κ3) is 10.1. The van der Waals surface area contributed by atoms with E-state index in [1.165, 1.54) is 38.5 Å². The van der Waals surface area contributed by atoms with Gasteiger partial charge in [-0.2, -0.15) is 0 Å². The first-order valence-corrected chi connectivity index (χ1v) is 6.52. The third-order valence-electron chi connectivity index (χ3n) is 2.85. The second kappa shape index (κ2) is 8.32. The fourth-order valence-electron chi connectivity index (χ4n) is 2.14. The Kier molecular flexibility index (Phi) is 8.32. The van der Waals surface area contributed by atoms with Crippen molar-refractivity contribution >= 4 is 0 Å². The van der Waals surface area contributed by atoms with Gasteiger partial charge < -0.3 is 0 Å². The van der Waals surface area contributed by atoms with Crippen LogP contribution >= 0.6 is 0 Å². The van der Waals surface area contributed by atoms with E-state index in [4.69, 9.17) is 0 Å². The molecule has 86 valence electrons. The molecule has 0 fully saturated rings. The molecular formula is C14H30. The van der Waals surface area contributed by atoms with Crippen LogP contribution in [-0.4, -0.2) is 0 Å². The van der Waals surface area contributed by atoms with Crippen LogP contribution in [-0.2, 0) is 0 Å². The van der Waals surface area contributed by atoms with E-state index < -0.39 is 0 Å². The molecule has 0 amide bonds. The summed E-state index contributed by atoms with van der Waals surface area (Å²) >= 11 is 0. The van der Waals surface area contributed by atoms with Gasteiger partial charge in [0.05, 0.1) is 0 Å². The molecule has 0 aromatic heterocycles. The summed E-state index contributed by atoms with van der Waals surface area (Å²) < 4.78 is 0. The predicted octanol–water partition coefficient (Wildman–Crippen LogP) is 5.28. The minimum Gasteiger partial charge on any atom is -0.0628 e. The van der Waals surface area contributed by atoms with Gasteiger partial charge in [-0.15, -0.1) is 0 Å². The third-order valence-corrected chi connectivity index (χ3v) is 2.85. The summed E-state index contributed by atoms with van der Waals surface area (Å²) in [4.78, 5) is 0. The number of hydrogen-bond donors (Lipinski definition) is 0. The first kappa shape index (κ1) is 14.0. The van der Waals surface area contributed by atoms with Crippen LogP contribution in [0.2, 0.25) is 0 Å². The van der Waals surface area contributed by atoms with E-state index in [0.29, 0.717) is 0 Å². The maximum Gasteiger partial charge on any atom is -0.0440 e. The van der Waals surface area contributed by atoms with Crippen molar-refractivity contribution in [2.24, 2.45) is 17.8 Å². The first-order valence-electron chi connectivity index (χ1n) is 6.52. The van der Waals surface area contributed by atoms with Gasteiger partial charge in [-0.05, 0) is 24.2 Å². The van der Waals surface area contributed by atoms with Gasteiger partial charge in [0, 0.05) is 0 Å². The van der Waals surface area contributed by atoms with Crippen LogP contribution in [0, 0.1) is 17.8 Å². The highest BCUT2D eigenvalue weighted by molar-refractivity contribution is 4.57. The Morgan fingerprint density at radius 2 is 1.21 bits per heavy atom. The van der Waals surface area contributed by atoms with E-state index >= 15 is 0 Å². The van der Waals surface area contributed by atoms with Gasteiger partial charge in [-0.3, -0.25) is 0 Å². The van der Waals surface area contributed by atoms with E-state index in [9.17, 15) is 0 Å². The minimum absolute atomic E-state index is 0.876. The minimum atomic E-state index is 0.876. The molecule has 0 saturated heterocycles. The Labute approximate surface area is 91.5 Å². The Morgan fingerprint density at radius 3 is 1.71 bits per heavy atom. The van der Waals surface area contributed by atoms with Crippen molar-refractivity contribution in [3.8, 4) is 0 Å². The molecule has 0 aliphatic rings. The van der Waals surface area contributed by atoms with Gasteiger partial charge in [0.2, 0.25) is 0 Å². The summed E-state index contributed by atoms with van der Waals surface area (Å²) in [5, 5.41) is 0. The topological polar surface area (TPSA) is 0 Å².